The molecule has 0 saturated heterocycles. The van der Waals surface area contributed by atoms with Gasteiger partial charge >= 0.3 is 0 Å². The van der Waals surface area contributed by atoms with Gasteiger partial charge in [0.05, 0.1) is 0 Å². The predicted molar refractivity (Wildman–Crippen MR) is 91.5 cm³/mol. The van der Waals surface area contributed by atoms with Crippen molar-refractivity contribution < 1.29 is 4.79 Å². The Balaban J connectivity index is 1.49. The third-order valence-electron chi connectivity index (χ3n) is 6.12. The number of nitrogens with zero attached hydrogens (tertiary/aromatic N) is 1. The Morgan fingerprint density at radius 1 is 1.23 bits per heavy atom. The van der Waals surface area contributed by atoms with Gasteiger partial charge in [-0.15, -0.1) is 0 Å². The highest BCUT2D eigenvalue weighted by Gasteiger charge is 2.51. The van der Waals surface area contributed by atoms with Gasteiger partial charge in [-0.05, 0) is 68.6 Å². The molecule has 3 saturated carbocycles. The van der Waals surface area contributed by atoms with Crippen molar-refractivity contribution in [2.24, 2.45) is 23.2 Å². The number of hydrogen-bond donors (Lipinski definition) is 0. The Bertz CT molecular complexity index is 421. The number of carbonyl (C=O) groups is 1. The zero-order valence-corrected chi connectivity index (χ0v) is 14.5. The maximum atomic E-state index is 12.7. The van der Waals surface area contributed by atoms with E-state index in [1.165, 1.54) is 38.5 Å². The molecule has 2 heteroatoms. The molecule has 0 radical (unpaired) electrons. The first kappa shape index (κ1) is 16.1. The van der Waals surface area contributed by atoms with Crippen molar-refractivity contribution in [1.82, 2.24) is 4.90 Å². The molecule has 0 bridgehead atoms. The van der Waals surface area contributed by atoms with Crippen molar-refractivity contribution in [1.29, 1.82) is 0 Å². The second-order valence-corrected chi connectivity index (χ2v) is 8.30. The molecule has 3 fully saturated rings. The van der Waals surface area contributed by atoms with E-state index in [0.717, 1.165) is 44.2 Å². The van der Waals surface area contributed by atoms with Crippen LogP contribution in [0.5, 0.6) is 0 Å². The SMILES string of the molecule is CC/C=C\CCC1CC1(C)CN(CC1CC1)C(=O)C1CCC1. The molecule has 0 aromatic heterocycles. The van der Waals surface area contributed by atoms with Crippen LogP contribution >= 0.6 is 0 Å². The van der Waals surface area contributed by atoms with Gasteiger partial charge in [0.25, 0.3) is 0 Å². The van der Waals surface area contributed by atoms with Gasteiger partial charge in [0.1, 0.15) is 0 Å². The van der Waals surface area contributed by atoms with Gasteiger partial charge < -0.3 is 4.90 Å². The Hall–Kier alpha value is -0.790. The Morgan fingerprint density at radius 2 is 2.00 bits per heavy atom. The second kappa shape index (κ2) is 6.76. The van der Waals surface area contributed by atoms with Crippen LogP contribution in [0.15, 0.2) is 12.2 Å². The van der Waals surface area contributed by atoms with Crippen LogP contribution in [0.3, 0.4) is 0 Å². The lowest BCUT2D eigenvalue weighted by Gasteiger charge is -2.34. The van der Waals surface area contributed by atoms with E-state index in [4.69, 9.17) is 0 Å². The van der Waals surface area contributed by atoms with Crippen molar-refractivity contribution in [2.45, 2.75) is 71.6 Å². The van der Waals surface area contributed by atoms with E-state index in [1.807, 2.05) is 0 Å². The van der Waals surface area contributed by atoms with Gasteiger partial charge in [-0.2, -0.15) is 0 Å². The van der Waals surface area contributed by atoms with Gasteiger partial charge in [0, 0.05) is 19.0 Å². The maximum Gasteiger partial charge on any atom is 0.225 e. The lowest BCUT2D eigenvalue weighted by atomic mass is 9.84. The monoisotopic (exact) mass is 303 g/mol. The van der Waals surface area contributed by atoms with Gasteiger partial charge in [-0.3, -0.25) is 4.79 Å². The van der Waals surface area contributed by atoms with Crippen LogP contribution in [-0.2, 0) is 4.79 Å². The number of rotatable bonds is 9. The zero-order chi connectivity index (χ0) is 15.6. The van der Waals surface area contributed by atoms with Crippen LogP contribution < -0.4 is 0 Å². The minimum Gasteiger partial charge on any atom is -0.342 e. The van der Waals surface area contributed by atoms with Gasteiger partial charge in [0.2, 0.25) is 5.91 Å². The highest BCUT2D eigenvalue weighted by Crippen LogP contribution is 2.55. The maximum absolute atomic E-state index is 12.7. The van der Waals surface area contributed by atoms with E-state index in [9.17, 15) is 4.79 Å². The molecule has 2 atom stereocenters. The lowest BCUT2D eigenvalue weighted by molar-refractivity contribution is -0.139. The molecule has 22 heavy (non-hydrogen) atoms. The first-order valence-electron chi connectivity index (χ1n) is 9.56. The Morgan fingerprint density at radius 3 is 2.59 bits per heavy atom. The highest BCUT2D eigenvalue weighted by atomic mass is 16.2. The quantitative estimate of drug-likeness (QED) is 0.560. The average molecular weight is 303 g/mol. The van der Waals surface area contributed by atoms with E-state index < -0.39 is 0 Å². The summed E-state index contributed by atoms with van der Waals surface area (Å²) in [7, 11) is 0. The number of hydrogen-bond acceptors (Lipinski definition) is 1. The van der Waals surface area contributed by atoms with E-state index in [0.29, 0.717) is 17.2 Å². The summed E-state index contributed by atoms with van der Waals surface area (Å²) in [5, 5.41) is 0. The number of carbonyl (C=O) groups excluding carboxylic acids is 1. The van der Waals surface area contributed by atoms with Crippen molar-refractivity contribution in [3.05, 3.63) is 12.2 Å². The van der Waals surface area contributed by atoms with E-state index >= 15 is 0 Å². The highest BCUT2D eigenvalue weighted by molar-refractivity contribution is 5.79. The molecule has 0 aliphatic heterocycles. The average Bonchev–Trinajstić information content (AvgIpc) is 3.32. The Labute approximate surface area is 136 Å². The topological polar surface area (TPSA) is 20.3 Å². The minimum absolute atomic E-state index is 0.368. The smallest absolute Gasteiger partial charge is 0.225 e. The fourth-order valence-corrected chi connectivity index (χ4v) is 3.92. The first-order valence-corrected chi connectivity index (χ1v) is 9.56. The van der Waals surface area contributed by atoms with E-state index in [-0.39, 0.29) is 0 Å². The molecular weight excluding hydrogens is 270 g/mol. The Kier molecular flexibility index (Phi) is 4.94. The summed E-state index contributed by atoms with van der Waals surface area (Å²) in [6.07, 6.45) is 15.8. The number of allylic oxidation sites excluding steroid dienone is 2. The summed E-state index contributed by atoms with van der Waals surface area (Å²) in [5.74, 6) is 2.50. The molecule has 0 N–H and O–H groups in total. The first-order chi connectivity index (χ1) is 10.6. The molecule has 2 nitrogen and oxygen atoms in total. The van der Waals surface area contributed by atoms with Crippen LogP contribution in [0, 0.1) is 23.2 Å². The summed E-state index contributed by atoms with van der Waals surface area (Å²) >= 11 is 0. The summed E-state index contributed by atoms with van der Waals surface area (Å²) in [6.45, 7) is 6.68. The predicted octanol–water partition coefficient (Wildman–Crippen LogP) is 4.80. The van der Waals surface area contributed by atoms with Crippen molar-refractivity contribution in [3.8, 4) is 0 Å². The summed E-state index contributed by atoms with van der Waals surface area (Å²) < 4.78 is 0. The van der Waals surface area contributed by atoms with E-state index in [2.05, 4.69) is 30.9 Å². The zero-order valence-electron chi connectivity index (χ0n) is 14.5. The molecule has 0 spiro atoms. The van der Waals surface area contributed by atoms with Crippen molar-refractivity contribution in [2.75, 3.05) is 13.1 Å². The summed E-state index contributed by atoms with van der Waals surface area (Å²) in [4.78, 5) is 15.0. The second-order valence-electron chi connectivity index (χ2n) is 8.30. The van der Waals surface area contributed by atoms with Crippen molar-refractivity contribution >= 4 is 5.91 Å². The fraction of sp³-hybridized carbons (Fsp3) is 0.850. The van der Waals surface area contributed by atoms with Crippen LogP contribution in [0.2, 0.25) is 0 Å². The fourth-order valence-electron chi connectivity index (χ4n) is 3.92. The molecule has 3 rings (SSSR count). The van der Waals surface area contributed by atoms with Crippen LogP contribution in [0.1, 0.15) is 71.6 Å². The molecular formula is C20H33NO. The van der Waals surface area contributed by atoms with Gasteiger partial charge in [-0.1, -0.05) is 32.4 Å². The third-order valence-corrected chi connectivity index (χ3v) is 6.12. The van der Waals surface area contributed by atoms with E-state index in [1.54, 1.807) is 0 Å². The van der Waals surface area contributed by atoms with Crippen LogP contribution in [-0.4, -0.2) is 23.9 Å². The molecule has 2 unspecified atom stereocenters. The van der Waals surface area contributed by atoms with Gasteiger partial charge in [-0.25, -0.2) is 0 Å². The molecule has 0 aromatic carbocycles. The van der Waals surface area contributed by atoms with Crippen LogP contribution in [0.25, 0.3) is 0 Å². The largest absolute Gasteiger partial charge is 0.342 e. The molecule has 1 amide bonds. The third kappa shape index (κ3) is 3.94. The minimum atomic E-state index is 0.368. The normalized spacial score (nSPS) is 31.3. The summed E-state index contributed by atoms with van der Waals surface area (Å²) in [5.41, 5.74) is 0.411. The molecule has 0 aromatic rings. The molecule has 124 valence electrons. The molecule has 0 heterocycles. The number of amides is 1. The molecule has 3 aliphatic carbocycles. The van der Waals surface area contributed by atoms with Crippen LogP contribution in [0.4, 0.5) is 0 Å². The molecule has 3 aliphatic rings. The standard InChI is InChI=1S/C20H33NO/c1-3-4-5-6-10-18-13-20(18,2)15-21(14-16-11-12-16)19(22)17-8-7-9-17/h4-5,16-18H,3,6-15H2,1-2H3/b5-4-. The summed E-state index contributed by atoms with van der Waals surface area (Å²) in [6, 6.07) is 0. The lowest BCUT2D eigenvalue weighted by Crippen LogP contribution is -2.43. The van der Waals surface area contributed by atoms with Crippen molar-refractivity contribution in [3.63, 3.8) is 0 Å². The van der Waals surface area contributed by atoms with Gasteiger partial charge in [0.15, 0.2) is 0 Å².